The van der Waals surface area contributed by atoms with E-state index in [2.05, 4.69) is 13.0 Å². The molecule has 1 N–H and O–H groups in total. The number of nitrogens with zero attached hydrogens (tertiary/aromatic N) is 1. The molecule has 16 heavy (non-hydrogen) atoms. The van der Waals surface area contributed by atoms with E-state index in [9.17, 15) is 4.39 Å². The van der Waals surface area contributed by atoms with E-state index in [1.54, 1.807) is 12.1 Å². The van der Waals surface area contributed by atoms with E-state index in [1.165, 1.54) is 11.6 Å². The zero-order chi connectivity index (χ0) is 11.5. The number of benzene rings is 1. The third-order valence-corrected chi connectivity index (χ3v) is 2.97. The highest BCUT2D eigenvalue weighted by Crippen LogP contribution is 2.23. The second-order valence-corrected chi connectivity index (χ2v) is 4.19. The average Bonchev–Trinajstić information content (AvgIpc) is 2.30. The highest BCUT2D eigenvalue weighted by Gasteiger charge is 2.14. The summed E-state index contributed by atoms with van der Waals surface area (Å²) in [6, 6.07) is 4.92. The van der Waals surface area contributed by atoms with Crippen molar-refractivity contribution in [3.63, 3.8) is 0 Å². The first-order chi connectivity index (χ1) is 7.70. The molecule has 0 amide bonds. The van der Waals surface area contributed by atoms with E-state index in [4.69, 9.17) is 5.11 Å². The number of hydrogen-bond donors (Lipinski definition) is 1. The molecule has 0 spiro atoms. The standard InChI is InChI=1S/C13H16FNO/c1-10-4-6-15(7-5-10)13-3-2-11(9-16)8-12(13)14/h2-4,8,16H,5-7,9H2,1H3. The lowest BCUT2D eigenvalue weighted by Crippen LogP contribution is -2.28. The van der Waals surface area contributed by atoms with Crippen LogP contribution in [-0.4, -0.2) is 18.2 Å². The summed E-state index contributed by atoms with van der Waals surface area (Å²) in [5, 5.41) is 8.91. The van der Waals surface area contributed by atoms with Crippen molar-refractivity contribution in [2.24, 2.45) is 0 Å². The van der Waals surface area contributed by atoms with E-state index in [0.717, 1.165) is 19.5 Å². The first kappa shape index (κ1) is 11.1. The molecule has 0 unspecified atom stereocenters. The van der Waals surface area contributed by atoms with Gasteiger partial charge in [0.05, 0.1) is 12.3 Å². The summed E-state index contributed by atoms with van der Waals surface area (Å²) in [5.74, 6) is -0.250. The third-order valence-electron chi connectivity index (χ3n) is 2.97. The molecule has 3 heteroatoms. The van der Waals surface area contributed by atoms with Crippen LogP contribution in [0.3, 0.4) is 0 Å². The van der Waals surface area contributed by atoms with Gasteiger partial charge in [-0.25, -0.2) is 4.39 Å². The molecule has 0 bridgehead atoms. The lowest BCUT2D eigenvalue weighted by molar-refractivity contribution is 0.281. The molecule has 0 saturated heterocycles. The van der Waals surface area contributed by atoms with Crippen LogP contribution in [0.1, 0.15) is 18.9 Å². The molecule has 0 aromatic heterocycles. The molecule has 2 rings (SSSR count). The number of rotatable bonds is 2. The van der Waals surface area contributed by atoms with Crippen molar-refractivity contribution in [3.05, 3.63) is 41.2 Å². The van der Waals surface area contributed by atoms with Gasteiger partial charge in [-0.1, -0.05) is 17.7 Å². The van der Waals surface area contributed by atoms with Crippen molar-refractivity contribution in [1.29, 1.82) is 0 Å². The Labute approximate surface area is 95.0 Å². The molecule has 2 nitrogen and oxygen atoms in total. The first-order valence-corrected chi connectivity index (χ1v) is 5.50. The fourth-order valence-corrected chi connectivity index (χ4v) is 1.89. The van der Waals surface area contributed by atoms with Gasteiger partial charge in [0.1, 0.15) is 5.82 Å². The van der Waals surface area contributed by atoms with Gasteiger partial charge in [0, 0.05) is 13.1 Å². The molecule has 0 radical (unpaired) electrons. The largest absolute Gasteiger partial charge is 0.392 e. The SMILES string of the molecule is CC1=CCN(c2ccc(CO)cc2F)CC1. The third kappa shape index (κ3) is 2.25. The van der Waals surface area contributed by atoms with Gasteiger partial charge in [-0.2, -0.15) is 0 Å². The first-order valence-electron chi connectivity index (χ1n) is 5.50. The Morgan fingerprint density at radius 2 is 2.25 bits per heavy atom. The normalized spacial score (nSPS) is 16.2. The number of aliphatic hydroxyl groups is 1. The van der Waals surface area contributed by atoms with Gasteiger partial charge in [0.15, 0.2) is 0 Å². The predicted octanol–water partition coefficient (Wildman–Crippen LogP) is 2.47. The molecular formula is C13H16FNO. The maximum absolute atomic E-state index is 13.7. The van der Waals surface area contributed by atoms with Crippen LogP contribution in [0.25, 0.3) is 0 Å². The summed E-state index contributed by atoms with van der Waals surface area (Å²) < 4.78 is 13.7. The van der Waals surface area contributed by atoms with Gasteiger partial charge in [-0.3, -0.25) is 0 Å². The number of halogens is 1. The molecule has 0 saturated carbocycles. The van der Waals surface area contributed by atoms with Crippen molar-refractivity contribution in [1.82, 2.24) is 0 Å². The fraction of sp³-hybridized carbons (Fsp3) is 0.385. The molecule has 1 aliphatic heterocycles. The Balaban J connectivity index is 2.21. The monoisotopic (exact) mass is 221 g/mol. The Kier molecular flexibility index (Phi) is 3.25. The van der Waals surface area contributed by atoms with Crippen LogP contribution in [0, 0.1) is 5.82 Å². The molecule has 1 aromatic rings. The van der Waals surface area contributed by atoms with Gasteiger partial charge < -0.3 is 10.0 Å². The molecule has 1 heterocycles. The van der Waals surface area contributed by atoms with Gasteiger partial charge in [0.2, 0.25) is 0 Å². The van der Waals surface area contributed by atoms with E-state index in [0.29, 0.717) is 11.3 Å². The van der Waals surface area contributed by atoms with Crippen molar-refractivity contribution < 1.29 is 9.50 Å². The minimum absolute atomic E-state index is 0.115. The summed E-state index contributed by atoms with van der Waals surface area (Å²) in [5.41, 5.74) is 2.61. The van der Waals surface area contributed by atoms with E-state index >= 15 is 0 Å². The quantitative estimate of drug-likeness (QED) is 0.775. The molecule has 1 aromatic carbocycles. The molecule has 1 aliphatic rings. The van der Waals surface area contributed by atoms with Crippen molar-refractivity contribution in [2.75, 3.05) is 18.0 Å². The number of aliphatic hydroxyl groups excluding tert-OH is 1. The Morgan fingerprint density at radius 3 is 2.81 bits per heavy atom. The minimum Gasteiger partial charge on any atom is -0.392 e. The maximum Gasteiger partial charge on any atom is 0.146 e. The van der Waals surface area contributed by atoms with Crippen LogP contribution in [0.2, 0.25) is 0 Å². The summed E-state index contributed by atoms with van der Waals surface area (Å²) >= 11 is 0. The molecular weight excluding hydrogens is 205 g/mol. The van der Waals surface area contributed by atoms with E-state index < -0.39 is 0 Å². The van der Waals surface area contributed by atoms with Crippen LogP contribution in [-0.2, 0) is 6.61 Å². The number of hydrogen-bond acceptors (Lipinski definition) is 2. The molecule has 0 fully saturated rings. The summed E-state index contributed by atoms with van der Waals surface area (Å²) in [6.07, 6.45) is 3.12. The van der Waals surface area contributed by atoms with Crippen LogP contribution < -0.4 is 4.90 Å². The van der Waals surface area contributed by atoms with Crippen molar-refractivity contribution in [3.8, 4) is 0 Å². The topological polar surface area (TPSA) is 23.5 Å². The molecule has 0 atom stereocenters. The number of anilines is 1. The molecule has 0 aliphatic carbocycles. The average molecular weight is 221 g/mol. The van der Waals surface area contributed by atoms with Gasteiger partial charge >= 0.3 is 0 Å². The van der Waals surface area contributed by atoms with Crippen molar-refractivity contribution >= 4 is 5.69 Å². The maximum atomic E-state index is 13.7. The van der Waals surface area contributed by atoms with E-state index in [-0.39, 0.29) is 12.4 Å². The lowest BCUT2D eigenvalue weighted by atomic mass is 10.1. The van der Waals surface area contributed by atoms with Gasteiger partial charge in [0.25, 0.3) is 0 Å². The molecule has 86 valence electrons. The zero-order valence-corrected chi connectivity index (χ0v) is 9.41. The lowest BCUT2D eigenvalue weighted by Gasteiger charge is -2.28. The zero-order valence-electron chi connectivity index (χ0n) is 9.41. The second kappa shape index (κ2) is 4.66. The smallest absolute Gasteiger partial charge is 0.146 e. The van der Waals surface area contributed by atoms with Crippen LogP contribution in [0.5, 0.6) is 0 Å². The van der Waals surface area contributed by atoms with Crippen LogP contribution in [0.15, 0.2) is 29.8 Å². The Bertz CT molecular complexity index is 414. The minimum atomic E-state index is -0.250. The van der Waals surface area contributed by atoms with Crippen molar-refractivity contribution in [2.45, 2.75) is 20.0 Å². The highest BCUT2D eigenvalue weighted by molar-refractivity contribution is 5.50. The summed E-state index contributed by atoms with van der Waals surface area (Å²) in [7, 11) is 0. The second-order valence-electron chi connectivity index (χ2n) is 4.19. The highest BCUT2D eigenvalue weighted by atomic mass is 19.1. The van der Waals surface area contributed by atoms with E-state index in [1.807, 2.05) is 4.90 Å². The Morgan fingerprint density at radius 1 is 1.44 bits per heavy atom. The summed E-state index contributed by atoms with van der Waals surface area (Å²) in [6.45, 7) is 3.61. The van der Waals surface area contributed by atoms with Gasteiger partial charge in [-0.15, -0.1) is 0 Å². The fourth-order valence-electron chi connectivity index (χ4n) is 1.89. The van der Waals surface area contributed by atoms with Crippen LogP contribution >= 0.6 is 0 Å². The summed E-state index contributed by atoms with van der Waals surface area (Å²) in [4.78, 5) is 2.02. The van der Waals surface area contributed by atoms with Gasteiger partial charge in [-0.05, 0) is 31.0 Å². The van der Waals surface area contributed by atoms with Crippen LogP contribution in [0.4, 0.5) is 10.1 Å². The Hall–Kier alpha value is -1.35. The predicted molar refractivity (Wildman–Crippen MR) is 62.9 cm³/mol.